The van der Waals surface area contributed by atoms with Crippen LogP contribution in [0.3, 0.4) is 0 Å². The van der Waals surface area contributed by atoms with Crippen LogP contribution in [-0.2, 0) is 17.9 Å². The molecule has 37 heavy (non-hydrogen) atoms. The number of amides is 3. The third-order valence-corrected chi connectivity index (χ3v) is 7.14. The van der Waals surface area contributed by atoms with Crippen LogP contribution in [0.2, 0.25) is 0 Å². The molecule has 8 nitrogen and oxygen atoms in total. The number of rotatable bonds is 4. The zero-order valence-electron chi connectivity index (χ0n) is 21.0. The third kappa shape index (κ3) is 5.05. The van der Waals surface area contributed by atoms with Gasteiger partial charge in [-0.1, -0.05) is 24.3 Å². The number of aromatic nitrogens is 1. The highest BCUT2D eigenvalue weighted by Gasteiger charge is 2.32. The number of aromatic hydroxyl groups is 1. The predicted octanol–water partition coefficient (Wildman–Crippen LogP) is 4.23. The van der Waals surface area contributed by atoms with Crippen molar-refractivity contribution in [3.05, 3.63) is 88.2 Å². The Morgan fingerprint density at radius 1 is 0.892 bits per heavy atom. The van der Waals surface area contributed by atoms with Crippen LogP contribution in [0.1, 0.15) is 68.9 Å². The molecule has 1 saturated heterocycles. The minimum absolute atomic E-state index is 0.0167. The fourth-order valence-corrected chi connectivity index (χ4v) is 5.23. The summed E-state index contributed by atoms with van der Waals surface area (Å²) in [6.45, 7) is 5.46. The van der Waals surface area contributed by atoms with E-state index < -0.39 is 0 Å². The number of phenols is 1. The van der Waals surface area contributed by atoms with Gasteiger partial charge in [-0.05, 0) is 61.2 Å². The summed E-state index contributed by atoms with van der Waals surface area (Å²) in [4.78, 5) is 46.5. The minimum Gasteiger partial charge on any atom is -0.507 e. The molecule has 190 valence electrons. The Kier molecular flexibility index (Phi) is 6.65. The van der Waals surface area contributed by atoms with Crippen molar-refractivity contribution in [2.45, 2.75) is 45.7 Å². The van der Waals surface area contributed by atoms with Crippen LogP contribution in [0, 0.1) is 6.92 Å². The van der Waals surface area contributed by atoms with E-state index in [1.165, 1.54) is 30.2 Å². The number of hydrogen-bond acceptors (Lipinski definition) is 5. The first-order valence-electron chi connectivity index (χ1n) is 12.5. The second-order valence-electron chi connectivity index (χ2n) is 9.79. The van der Waals surface area contributed by atoms with Crippen molar-refractivity contribution < 1.29 is 19.5 Å². The molecular formula is C29H30N4O4. The second kappa shape index (κ2) is 10.0. The monoisotopic (exact) mass is 498 g/mol. The van der Waals surface area contributed by atoms with Gasteiger partial charge < -0.3 is 20.2 Å². The molecule has 2 aliphatic rings. The van der Waals surface area contributed by atoms with Crippen LogP contribution in [0.5, 0.6) is 5.75 Å². The number of aryl methyl sites for hydroxylation is 1. The van der Waals surface area contributed by atoms with E-state index in [4.69, 9.17) is 4.98 Å². The Balaban J connectivity index is 1.31. The van der Waals surface area contributed by atoms with Gasteiger partial charge in [0.15, 0.2) is 0 Å². The van der Waals surface area contributed by atoms with E-state index in [0.29, 0.717) is 50.3 Å². The van der Waals surface area contributed by atoms with Gasteiger partial charge in [0.1, 0.15) is 5.75 Å². The number of carbonyl (C=O) groups is 3. The molecule has 0 saturated carbocycles. The summed E-state index contributed by atoms with van der Waals surface area (Å²) < 4.78 is 0. The van der Waals surface area contributed by atoms with E-state index in [2.05, 4.69) is 17.4 Å². The van der Waals surface area contributed by atoms with Gasteiger partial charge in [-0.3, -0.25) is 19.4 Å². The van der Waals surface area contributed by atoms with E-state index in [1.807, 2.05) is 36.1 Å². The molecule has 1 aromatic heterocycles. The van der Waals surface area contributed by atoms with E-state index in [0.717, 1.165) is 11.4 Å². The smallest absolute Gasteiger partial charge is 0.257 e. The molecule has 2 aliphatic heterocycles. The minimum atomic E-state index is -0.286. The Bertz CT molecular complexity index is 1350. The van der Waals surface area contributed by atoms with Crippen molar-refractivity contribution in [2.75, 3.05) is 18.4 Å². The summed E-state index contributed by atoms with van der Waals surface area (Å²) in [5, 5.41) is 12.9. The van der Waals surface area contributed by atoms with Gasteiger partial charge in [-0.25, -0.2) is 0 Å². The fourth-order valence-electron chi connectivity index (χ4n) is 5.23. The van der Waals surface area contributed by atoms with Crippen LogP contribution < -0.4 is 5.32 Å². The van der Waals surface area contributed by atoms with Gasteiger partial charge in [0.05, 0.1) is 16.8 Å². The summed E-state index contributed by atoms with van der Waals surface area (Å²) in [5.74, 6) is -0.629. The predicted molar refractivity (Wildman–Crippen MR) is 139 cm³/mol. The molecule has 3 heterocycles. The molecule has 0 bridgehead atoms. The highest BCUT2D eigenvalue weighted by Crippen LogP contribution is 2.33. The van der Waals surface area contributed by atoms with Crippen LogP contribution in [-0.4, -0.2) is 50.7 Å². The number of nitrogens with zero attached hydrogens (tertiary/aromatic N) is 3. The zero-order chi connectivity index (χ0) is 26.1. The van der Waals surface area contributed by atoms with Gasteiger partial charge in [-0.2, -0.15) is 0 Å². The number of benzene rings is 2. The summed E-state index contributed by atoms with van der Waals surface area (Å²) in [6, 6.07) is 16.3. The fraction of sp³-hybridized carbons (Fsp3) is 0.310. The maximum absolute atomic E-state index is 13.6. The zero-order valence-corrected chi connectivity index (χ0v) is 21.0. The maximum atomic E-state index is 13.6. The molecule has 0 atom stereocenters. The average Bonchev–Trinajstić information content (AvgIpc) is 3.33. The van der Waals surface area contributed by atoms with Crippen molar-refractivity contribution in [2.24, 2.45) is 0 Å². The Hall–Kier alpha value is -4.20. The van der Waals surface area contributed by atoms with Crippen molar-refractivity contribution in [3.63, 3.8) is 0 Å². The van der Waals surface area contributed by atoms with Crippen LogP contribution in [0.4, 0.5) is 5.69 Å². The topological polar surface area (TPSA) is 103 Å². The molecule has 3 amide bonds. The van der Waals surface area contributed by atoms with E-state index >= 15 is 0 Å². The number of phenolic OH excluding ortho intramolecular Hbond substituents is 1. The summed E-state index contributed by atoms with van der Waals surface area (Å²) in [5.41, 5.74) is 5.25. The van der Waals surface area contributed by atoms with Gasteiger partial charge >= 0.3 is 0 Å². The number of pyridine rings is 1. The van der Waals surface area contributed by atoms with Gasteiger partial charge in [0, 0.05) is 50.4 Å². The molecule has 2 N–H and O–H groups in total. The molecule has 1 fully saturated rings. The van der Waals surface area contributed by atoms with E-state index in [9.17, 15) is 19.5 Å². The van der Waals surface area contributed by atoms with Gasteiger partial charge in [0.2, 0.25) is 5.91 Å². The maximum Gasteiger partial charge on any atom is 0.257 e. The molecule has 0 radical (unpaired) electrons. The molecule has 2 aromatic carbocycles. The highest BCUT2D eigenvalue weighted by atomic mass is 16.3. The lowest BCUT2D eigenvalue weighted by Gasteiger charge is -2.33. The molecule has 0 aliphatic carbocycles. The number of nitrogens with one attached hydrogen (secondary N) is 1. The molecule has 0 unspecified atom stereocenters. The quantitative estimate of drug-likeness (QED) is 0.524. The molecule has 3 aromatic rings. The first-order valence-corrected chi connectivity index (χ1v) is 12.5. The standard InChI is InChI=1S/C29H30N4O4/c1-18-7-9-24(28(36)33-16-21-5-3-4-6-22(21)17-33)27(30-18)20-11-13-32(14-12-20)29(37)25-15-23(31-19(2)34)8-10-26(25)35/h3-10,15,20,35H,11-14,16-17H2,1-2H3,(H,31,34). The molecule has 5 rings (SSSR count). The van der Waals surface area contributed by atoms with Crippen LogP contribution in [0.15, 0.2) is 54.6 Å². The molecular weight excluding hydrogens is 468 g/mol. The lowest BCUT2D eigenvalue weighted by molar-refractivity contribution is -0.114. The van der Waals surface area contributed by atoms with Gasteiger partial charge in [0.25, 0.3) is 11.8 Å². The number of piperidine rings is 1. The largest absolute Gasteiger partial charge is 0.507 e. The van der Waals surface area contributed by atoms with Gasteiger partial charge in [-0.15, -0.1) is 0 Å². The lowest BCUT2D eigenvalue weighted by atomic mass is 9.89. The Morgan fingerprint density at radius 3 is 2.19 bits per heavy atom. The summed E-state index contributed by atoms with van der Waals surface area (Å²) >= 11 is 0. The SMILES string of the molecule is CC(=O)Nc1ccc(O)c(C(=O)N2CCC(c3nc(C)ccc3C(=O)N3Cc4ccccc4C3)CC2)c1. The van der Waals surface area contributed by atoms with Crippen molar-refractivity contribution in [3.8, 4) is 5.75 Å². The normalized spacial score (nSPS) is 15.4. The number of likely N-dealkylation sites (tertiary alicyclic amines) is 1. The van der Waals surface area contributed by atoms with E-state index in [-0.39, 0.29) is 35.0 Å². The highest BCUT2D eigenvalue weighted by molar-refractivity contribution is 5.99. The number of carbonyl (C=O) groups excluding carboxylic acids is 3. The van der Waals surface area contributed by atoms with Crippen molar-refractivity contribution in [1.82, 2.24) is 14.8 Å². The van der Waals surface area contributed by atoms with Crippen LogP contribution in [0.25, 0.3) is 0 Å². The van der Waals surface area contributed by atoms with Crippen LogP contribution >= 0.6 is 0 Å². The first-order chi connectivity index (χ1) is 17.8. The molecule has 8 heteroatoms. The first kappa shape index (κ1) is 24.5. The number of anilines is 1. The van der Waals surface area contributed by atoms with E-state index in [1.54, 1.807) is 11.0 Å². The average molecular weight is 499 g/mol. The third-order valence-electron chi connectivity index (χ3n) is 7.14. The van der Waals surface area contributed by atoms with Crippen molar-refractivity contribution >= 4 is 23.4 Å². The second-order valence-corrected chi connectivity index (χ2v) is 9.79. The summed E-state index contributed by atoms with van der Waals surface area (Å²) in [7, 11) is 0. The Morgan fingerprint density at radius 2 is 1.54 bits per heavy atom. The summed E-state index contributed by atoms with van der Waals surface area (Å²) in [6.07, 6.45) is 1.32. The number of hydrogen-bond donors (Lipinski definition) is 2. The van der Waals surface area contributed by atoms with Crippen molar-refractivity contribution in [1.29, 1.82) is 0 Å². The molecule has 0 spiro atoms. The Labute approximate surface area is 215 Å². The number of fused-ring (bicyclic) bond motifs is 1. The lowest BCUT2D eigenvalue weighted by Crippen LogP contribution is -2.38.